The number of methoxy groups -OCH3 is 1. The first kappa shape index (κ1) is 8.73. The Kier molecular flexibility index (Phi) is 2.82. The summed E-state index contributed by atoms with van der Waals surface area (Å²) in [5.41, 5.74) is 0.725. The van der Waals surface area contributed by atoms with E-state index < -0.39 is 0 Å². The van der Waals surface area contributed by atoms with Crippen LogP contribution in [0.15, 0.2) is 10.6 Å². The van der Waals surface area contributed by atoms with Crippen molar-refractivity contribution in [1.29, 1.82) is 0 Å². The van der Waals surface area contributed by atoms with Crippen LogP contribution in [0, 0.1) is 6.92 Å². The number of carbonyl (C=O) groups is 1. The zero-order chi connectivity index (χ0) is 8.97. The molecule has 66 valence electrons. The molecule has 0 spiro atoms. The summed E-state index contributed by atoms with van der Waals surface area (Å²) in [6.07, 6.45) is 0. The van der Waals surface area contributed by atoms with Crippen LogP contribution in [0.1, 0.15) is 5.69 Å². The maximum absolute atomic E-state index is 10.9. The Morgan fingerprint density at radius 3 is 3.08 bits per heavy atom. The minimum Gasteiger partial charge on any atom is -0.375 e. The summed E-state index contributed by atoms with van der Waals surface area (Å²) in [5.74, 6) is 0.0863. The van der Waals surface area contributed by atoms with Crippen LogP contribution in [0.25, 0.3) is 0 Å². The van der Waals surface area contributed by atoms with E-state index in [-0.39, 0.29) is 12.5 Å². The van der Waals surface area contributed by atoms with Gasteiger partial charge in [-0.3, -0.25) is 10.1 Å². The lowest BCUT2D eigenvalue weighted by atomic mass is 10.5. The van der Waals surface area contributed by atoms with Gasteiger partial charge in [-0.25, -0.2) is 0 Å². The van der Waals surface area contributed by atoms with Gasteiger partial charge in [0.2, 0.25) is 5.88 Å². The van der Waals surface area contributed by atoms with Gasteiger partial charge in [0.05, 0.1) is 5.69 Å². The fraction of sp³-hybridized carbons (Fsp3) is 0.429. The Bertz CT molecular complexity index is 269. The molecule has 0 bridgehead atoms. The largest absolute Gasteiger partial charge is 0.375 e. The van der Waals surface area contributed by atoms with Crippen molar-refractivity contribution < 1.29 is 14.1 Å². The molecule has 1 heterocycles. The van der Waals surface area contributed by atoms with Crippen molar-refractivity contribution in [3.05, 3.63) is 11.8 Å². The molecule has 0 aliphatic rings. The molecule has 0 aliphatic carbocycles. The number of ether oxygens (including phenoxy) is 1. The number of aromatic nitrogens is 1. The third-order valence-electron chi connectivity index (χ3n) is 1.17. The van der Waals surface area contributed by atoms with E-state index >= 15 is 0 Å². The normalized spacial score (nSPS) is 9.83. The molecule has 1 amide bonds. The molecule has 5 nitrogen and oxygen atoms in total. The van der Waals surface area contributed by atoms with E-state index in [1.54, 1.807) is 13.0 Å². The zero-order valence-electron chi connectivity index (χ0n) is 6.96. The summed E-state index contributed by atoms with van der Waals surface area (Å²) < 4.78 is 9.35. The van der Waals surface area contributed by atoms with E-state index in [1.807, 2.05) is 0 Å². The topological polar surface area (TPSA) is 64.4 Å². The van der Waals surface area contributed by atoms with Crippen LogP contribution in [0.2, 0.25) is 0 Å². The third-order valence-corrected chi connectivity index (χ3v) is 1.17. The van der Waals surface area contributed by atoms with Crippen molar-refractivity contribution in [1.82, 2.24) is 5.16 Å². The van der Waals surface area contributed by atoms with Gasteiger partial charge in [0, 0.05) is 13.2 Å². The van der Waals surface area contributed by atoms with Gasteiger partial charge in [-0.1, -0.05) is 5.16 Å². The van der Waals surface area contributed by atoms with Crippen LogP contribution in [-0.4, -0.2) is 24.8 Å². The molecule has 0 aromatic carbocycles. The predicted molar refractivity (Wildman–Crippen MR) is 41.7 cm³/mol. The number of carbonyl (C=O) groups excluding carboxylic acids is 1. The van der Waals surface area contributed by atoms with Crippen molar-refractivity contribution in [2.75, 3.05) is 19.0 Å². The second-order valence-corrected chi connectivity index (χ2v) is 2.31. The first-order valence-corrected chi connectivity index (χ1v) is 3.44. The Hall–Kier alpha value is -1.36. The monoisotopic (exact) mass is 170 g/mol. The lowest BCUT2D eigenvalue weighted by Crippen LogP contribution is -2.16. The van der Waals surface area contributed by atoms with Gasteiger partial charge < -0.3 is 9.26 Å². The Labute approximate surface area is 69.7 Å². The SMILES string of the molecule is COCC(=O)Nc1cc(C)no1. The number of nitrogens with one attached hydrogen (secondary N) is 1. The van der Waals surface area contributed by atoms with E-state index in [9.17, 15) is 4.79 Å². The minimum absolute atomic E-state index is 0.0136. The molecule has 1 N–H and O–H groups in total. The molecule has 1 aromatic rings. The minimum atomic E-state index is -0.256. The summed E-state index contributed by atoms with van der Waals surface area (Å²) in [6, 6.07) is 1.63. The summed E-state index contributed by atoms with van der Waals surface area (Å²) in [5, 5.41) is 6.07. The molecule has 0 saturated carbocycles. The number of hydrogen-bond donors (Lipinski definition) is 1. The van der Waals surface area contributed by atoms with Crippen LogP contribution in [0.5, 0.6) is 0 Å². The number of rotatable bonds is 3. The molecule has 0 atom stereocenters. The fourth-order valence-electron chi connectivity index (χ4n) is 0.727. The van der Waals surface area contributed by atoms with Gasteiger partial charge in [0.15, 0.2) is 0 Å². The quantitative estimate of drug-likeness (QED) is 0.720. The van der Waals surface area contributed by atoms with Crippen molar-refractivity contribution in [2.45, 2.75) is 6.92 Å². The second-order valence-electron chi connectivity index (χ2n) is 2.31. The molecular weight excluding hydrogens is 160 g/mol. The highest BCUT2D eigenvalue weighted by Crippen LogP contribution is 2.07. The van der Waals surface area contributed by atoms with Crippen LogP contribution in [-0.2, 0) is 9.53 Å². The van der Waals surface area contributed by atoms with Gasteiger partial charge >= 0.3 is 0 Å². The van der Waals surface area contributed by atoms with Crippen molar-refractivity contribution in [2.24, 2.45) is 0 Å². The Balaban J connectivity index is 2.46. The predicted octanol–water partition coefficient (Wildman–Crippen LogP) is 0.568. The van der Waals surface area contributed by atoms with Crippen molar-refractivity contribution >= 4 is 11.8 Å². The molecular formula is C7H10N2O3. The lowest BCUT2D eigenvalue weighted by Gasteiger charge is -1.97. The first-order valence-electron chi connectivity index (χ1n) is 3.44. The average Bonchev–Trinajstić information content (AvgIpc) is 2.36. The highest BCUT2D eigenvalue weighted by molar-refractivity contribution is 5.90. The van der Waals surface area contributed by atoms with E-state index in [2.05, 4.69) is 15.2 Å². The molecule has 5 heteroatoms. The third kappa shape index (κ3) is 2.35. The zero-order valence-corrected chi connectivity index (χ0v) is 6.96. The molecule has 0 aliphatic heterocycles. The molecule has 12 heavy (non-hydrogen) atoms. The summed E-state index contributed by atoms with van der Waals surface area (Å²) in [4.78, 5) is 10.9. The number of anilines is 1. The number of amides is 1. The number of nitrogens with zero attached hydrogens (tertiary/aromatic N) is 1. The molecule has 0 saturated heterocycles. The van der Waals surface area contributed by atoms with E-state index in [0.29, 0.717) is 5.88 Å². The Morgan fingerprint density at radius 1 is 1.83 bits per heavy atom. The van der Waals surface area contributed by atoms with Crippen molar-refractivity contribution in [3.8, 4) is 0 Å². The van der Waals surface area contributed by atoms with Gasteiger partial charge in [0.1, 0.15) is 6.61 Å². The second kappa shape index (κ2) is 3.87. The summed E-state index contributed by atoms with van der Waals surface area (Å²) in [6.45, 7) is 1.79. The fourth-order valence-corrected chi connectivity index (χ4v) is 0.727. The van der Waals surface area contributed by atoms with E-state index in [4.69, 9.17) is 4.52 Å². The average molecular weight is 170 g/mol. The van der Waals surface area contributed by atoms with E-state index in [0.717, 1.165) is 5.69 Å². The van der Waals surface area contributed by atoms with Gasteiger partial charge in [-0.2, -0.15) is 0 Å². The number of hydrogen-bond acceptors (Lipinski definition) is 4. The van der Waals surface area contributed by atoms with Gasteiger partial charge in [-0.05, 0) is 6.92 Å². The summed E-state index contributed by atoms with van der Waals surface area (Å²) in [7, 11) is 1.45. The lowest BCUT2D eigenvalue weighted by molar-refractivity contribution is -0.119. The van der Waals surface area contributed by atoms with Crippen LogP contribution in [0.4, 0.5) is 5.88 Å². The molecule has 0 unspecified atom stereocenters. The molecule has 1 rings (SSSR count). The van der Waals surface area contributed by atoms with Crippen LogP contribution in [0.3, 0.4) is 0 Å². The highest BCUT2D eigenvalue weighted by Gasteiger charge is 2.04. The molecule has 0 fully saturated rings. The maximum atomic E-state index is 10.9. The van der Waals surface area contributed by atoms with Crippen molar-refractivity contribution in [3.63, 3.8) is 0 Å². The Morgan fingerprint density at radius 2 is 2.58 bits per heavy atom. The van der Waals surface area contributed by atoms with Gasteiger partial charge in [0.25, 0.3) is 5.91 Å². The smallest absolute Gasteiger partial charge is 0.252 e. The summed E-state index contributed by atoms with van der Waals surface area (Å²) >= 11 is 0. The standard InChI is InChI=1S/C7H10N2O3/c1-5-3-7(12-9-5)8-6(10)4-11-2/h3H,4H2,1-2H3,(H,8,10). The maximum Gasteiger partial charge on any atom is 0.252 e. The van der Waals surface area contributed by atoms with E-state index in [1.165, 1.54) is 7.11 Å². The molecule has 0 radical (unpaired) electrons. The first-order chi connectivity index (χ1) is 5.72. The van der Waals surface area contributed by atoms with Crippen LogP contribution < -0.4 is 5.32 Å². The van der Waals surface area contributed by atoms with Gasteiger partial charge in [-0.15, -0.1) is 0 Å². The number of aryl methyl sites for hydroxylation is 1. The van der Waals surface area contributed by atoms with Crippen LogP contribution >= 0.6 is 0 Å². The molecule has 1 aromatic heterocycles. The highest BCUT2D eigenvalue weighted by atomic mass is 16.5.